The van der Waals surface area contributed by atoms with E-state index in [1.54, 1.807) is 24.0 Å². The summed E-state index contributed by atoms with van der Waals surface area (Å²) in [5.41, 5.74) is 1.87. The average Bonchev–Trinajstić information content (AvgIpc) is 3.12. The fourth-order valence-corrected chi connectivity index (χ4v) is 3.84. The molecule has 0 bridgehead atoms. The van der Waals surface area contributed by atoms with Crippen LogP contribution in [0, 0.1) is 10.1 Å². The highest BCUT2D eigenvalue weighted by Gasteiger charge is 2.21. The Labute approximate surface area is 167 Å². The van der Waals surface area contributed by atoms with Crippen LogP contribution in [0.1, 0.15) is 25.3 Å². The number of carbonyl (C=O) groups excluding carboxylic acids is 2. The third kappa shape index (κ3) is 4.89. The van der Waals surface area contributed by atoms with Gasteiger partial charge in [0, 0.05) is 42.2 Å². The monoisotopic (exact) mass is 399 g/mol. The standard InChI is InChI=1S/C20H21N3O4S/c1-14(28-18-10-8-17(9-11-18)23(26)27)20(25)21-13-15-4-6-16(7-5-15)22-12-2-3-19(22)24/h4-11,14H,2-3,12-13H2,1H3,(H,21,25)/t14-/m0/s1. The zero-order valence-corrected chi connectivity index (χ0v) is 16.3. The first kappa shape index (κ1) is 19.9. The van der Waals surface area contributed by atoms with Crippen molar-refractivity contribution in [2.45, 2.75) is 36.5 Å². The molecule has 1 heterocycles. The zero-order chi connectivity index (χ0) is 20.1. The van der Waals surface area contributed by atoms with E-state index in [0.29, 0.717) is 13.0 Å². The summed E-state index contributed by atoms with van der Waals surface area (Å²) in [5, 5.41) is 13.3. The van der Waals surface area contributed by atoms with Crippen LogP contribution in [-0.4, -0.2) is 28.5 Å². The van der Waals surface area contributed by atoms with Crippen molar-refractivity contribution in [1.82, 2.24) is 5.32 Å². The number of anilines is 1. The van der Waals surface area contributed by atoms with E-state index in [0.717, 1.165) is 29.1 Å². The zero-order valence-electron chi connectivity index (χ0n) is 15.5. The SMILES string of the molecule is C[C@H](Sc1ccc([N+](=O)[O-])cc1)C(=O)NCc1ccc(N2CCCC2=O)cc1. The van der Waals surface area contributed by atoms with E-state index >= 15 is 0 Å². The predicted molar refractivity (Wildman–Crippen MR) is 108 cm³/mol. The number of nitrogens with one attached hydrogen (secondary N) is 1. The molecular weight excluding hydrogens is 378 g/mol. The smallest absolute Gasteiger partial charge is 0.269 e. The maximum absolute atomic E-state index is 12.3. The molecule has 146 valence electrons. The number of amides is 2. The second-order valence-corrected chi connectivity index (χ2v) is 7.96. The van der Waals surface area contributed by atoms with Gasteiger partial charge in [-0.15, -0.1) is 11.8 Å². The minimum Gasteiger partial charge on any atom is -0.351 e. The highest BCUT2D eigenvalue weighted by atomic mass is 32.2. The third-order valence-electron chi connectivity index (χ3n) is 4.52. The summed E-state index contributed by atoms with van der Waals surface area (Å²) in [7, 11) is 0. The summed E-state index contributed by atoms with van der Waals surface area (Å²) in [4.78, 5) is 36.9. The molecule has 2 aromatic rings. The molecule has 1 atom stereocenters. The number of thioether (sulfide) groups is 1. The molecule has 3 rings (SSSR count). The van der Waals surface area contributed by atoms with Crippen LogP contribution in [0.25, 0.3) is 0 Å². The molecule has 2 aromatic carbocycles. The molecule has 0 aromatic heterocycles. The van der Waals surface area contributed by atoms with Crippen LogP contribution in [0.3, 0.4) is 0 Å². The first-order valence-corrected chi connectivity index (χ1v) is 9.90. The number of hydrogen-bond acceptors (Lipinski definition) is 5. The minimum atomic E-state index is -0.449. The van der Waals surface area contributed by atoms with Crippen molar-refractivity contribution in [2.75, 3.05) is 11.4 Å². The molecule has 0 spiro atoms. The lowest BCUT2D eigenvalue weighted by molar-refractivity contribution is -0.384. The van der Waals surface area contributed by atoms with E-state index in [1.807, 2.05) is 24.3 Å². The maximum atomic E-state index is 12.3. The number of hydrogen-bond donors (Lipinski definition) is 1. The topological polar surface area (TPSA) is 92.5 Å². The fraction of sp³-hybridized carbons (Fsp3) is 0.300. The van der Waals surface area contributed by atoms with Crippen molar-refractivity contribution in [2.24, 2.45) is 0 Å². The van der Waals surface area contributed by atoms with Gasteiger partial charge < -0.3 is 10.2 Å². The number of non-ortho nitro benzene ring substituents is 1. The molecule has 0 radical (unpaired) electrons. The molecule has 0 saturated carbocycles. The summed E-state index contributed by atoms with van der Waals surface area (Å²) in [6.45, 7) is 2.95. The Morgan fingerprint density at radius 1 is 1.21 bits per heavy atom. The Kier molecular flexibility index (Phi) is 6.30. The van der Waals surface area contributed by atoms with E-state index in [-0.39, 0.29) is 22.8 Å². The Morgan fingerprint density at radius 3 is 2.46 bits per heavy atom. The first-order chi connectivity index (χ1) is 13.4. The molecule has 0 unspecified atom stereocenters. The van der Waals surface area contributed by atoms with Crippen LogP contribution in [0.15, 0.2) is 53.4 Å². The Bertz CT molecular complexity index is 868. The summed E-state index contributed by atoms with van der Waals surface area (Å²) >= 11 is 1.35. The Morgan fingerprint density at radius 2 is 1.89 bits per heavy atom. The van der Waals surface area contributed by atoms with Gasteiger partial charge in [0.1, 0.15) is 0 Å². The highest BCUT2D eigenvalue weighted by molar-refractivity contribution is 8.00. The second-order valence-electron chi connectivity index (χ2n) is 6.54. The summed E-state index contributed by atoms with van der Waals surface area (Å²) in [6, 6.07) is 13.8. The van der Waals surface area contributed by atoms with Gasteiger partial charge in [0.2, 0.25) is 11.8 Å². The molecule has 1 N–H and O–H groups in total. The summed E-state index contributed by atoms with van der Waals surface area (Å²) < 4.78 is 0. The van der Waals surface area contributed by atoms with Gasteiger partial charge in [-0.05, 0) is 43.2 Å². The van der Waals surface area contributed by atoms with E-state index in [1.165, 1.54) is 23.9 Å². The molecule has 2 amide bonds. The number of rotatable bonds is 7. The van der Waals surface area contributed by atoms with Gasteiger partial charge in [0.25, 0.3) is 5.69 Å². The normalized spacial score (nSPS) is 14.8. The number of nitrogens with zero attached hydrogens (tertiary/aromatic N) is 2. The Hall–Kier alpha value is -2.87. The molecule has 8 heteroatoms. The minimum absolute atomic E-state index is 0.0283. The molecule has 1 aliphatic heterocycles. The molecule has 1 fully saturated rings. The van der Waals surface area contributed by atoms with Crippen LogP contribution in [0.5, 0.6) is 0 Å². The summed E-state index contributed by atoms with van der Waals surface area (Å²) in [6.07, 6.45) is 1.49. The second kappa shape index (κ2) is 8.88. The van der Waals surface area contributed by atoms with Crippen molar-refractivity contribution in [1.29, 1.82) is 0 Å². The molecule has 7 nitrogen and oxygen atoms in total. The van der Waals surface area contributed by atoms with Crippen LogP contribution in [-0.2, 0) is 16.1 Å². The van der Waals surface area contributed by atoms with Crippen molar-refractivity contribution in [3.63, 3.8) is 0 Å². The number of carbonyl (C=O) groups is 2. The van der Waals surface area contributed by atoms with Gasteiger partial charge >= 0.3 is 0 Å². The molecule has 0 aliphatic carbocycles. The van der Waals surface area contributed by atoms with E-state index in [2.05, 4.69) is 5.32 Å². The largest absolute Gasteiger partial charge is 0.351 e. The van der Waals surface area contributed by atoms with Gasteiger partial charge in [0.15, 0.2) is 0 Å². The predicted octanol–water partition coefficient (Wildman–Crippen LogP) is 3.52. The van der Waals surface area contributed by atoms with Crippen molar-refractivity contribution in [3.05, 3.63) is 64.2 Å². The van der Waals surface area contributed by atoms with Crippen molar-refractivity contribution in [3.8, 4) is 0 Å². The Balaban J connectivity index is 1.50. The van der Waals surface area contributed by atoms with Crippen molar-refractivity contribution < 1.29 is 14.5 Å². The number of benzene rings is 2. The lowest BCUT2D eigenvalue weighted by Gasteiger charge is -2.16. The molecule has 1 saturated heterocycles. The van der Waals surface area contributed by atoms with Gasteiger partial charge in [0.05, 0.1) is 10.2 Å². The lowest BCUT2D eigenvalue weighted by Crippen LogP contribution is -2.30. The maximum Gasteiger partial charge on any atom is 0.269 e. The van der Waals surface area contributed by atoms with E-state index < -0.39 is 4.92 Å². The molecule has 1 aliphatic rings. The van der Waals surface area contributed by atoms with Crippen LogP contribution in [0.4, 0.5) is 11.4 Å². The van der Waals surface area contributed by atoms with Crippen LogP contribution in [0.2, 0.25) is 0 Å². The van der Waals surface area contributed by atoms with E-state index in [4.69, 9.17) is 0 Å². The van der Waals surface area contributed by atoms with Gasteiger partial charge in [-0.1, -0.05) is 12.1 Å². The third-order valence-corrected chi connectivity index (χ3v) is 5.63. The fourth-order valence-electron chi connectivity index (χ4n) is 2.95. The molecule has 28 heavy (non-hydrogen) atoms. The molecular formula is C20H21N3O4S. The number of nitro benzene ring substituents is 1. The van der Waals surface area contributed by atoms with E-state index in [9.17, 15) is 19.7 Å². The van der Waals surface area contributed by atoms with Gasteiger partial charge in [-0.25, -0.2) is 0 Å². The highest BCUT2D eigenvalue weighted by Crippen LogP contribution is 2.26. The first-order valence-electron chi connectivity index (χ1n) is 9.02. The van der Waals surface area contributed by atoms with Gasteiger partial charge in [-0.3, -0.25) is 19.7 Å². The number of nitro groups is 1. The average molecular weight is 399 g/mol. The quantitative estimate of drug-likeness (QED) is 0.437. The lowest BCUT2D eigenvalue weighted by atomic mass is 10.2. The van der Waals surface area contributed by atoms with Crippen LogP contribution < -0.4 is 10.2 Å². The van der Waals surface area contributed by atoms with Crippen LogP contribution >= 0.6 is 11.8 Å². The van der Waals surface area contributed by atoms with Gasteiger partial charge in [-0.2, -0.15) is 0 Å². The summed E-state index contributed by atoms with van der Waals surface area (Å²) in [5.74, 6) is 0.0419. The van der Waals surface area contributed by atoms with Crippen molar-refractivity contribution >= 4 is 35.0 Å².